The number of hydrogen-bond donors (Lipinski definition) is 2. The zero-order valence-corrected chi connectivity index (χ0v) is 23.5. The first-order valence-electron chi connectivity index (χ1n) is 12.7. The van der Waals surface area contributed by atoms with Crippen molar-refractivity contribution in [3.05, 3.63) is 81.8 Å². The Kier molecular flexibility index (Phi) is 7.60. The van der Waals surface area contributed by atoms with E-state index in [1.54, 1.807) is 42.8 Å². The number of nitrogens with zero attached hydrogens (tertiary/aromatic N) is 4. The molecule has 2 aromatic heterocycles. The number of nitrogens with one attached hydrogen (secondary N) is 2. The third kappa shape index (κ3) is 5.56. The zero-order chi connectivity index (χ0) is 29.5. The van der Waals surface area contributed by atoms with Crippen molar-refractivity contribution >= 4 is 29.0 Å². The van der Waals surface area contributed by atoms with Crippen molar-refractivity contribution in [1.29, 1.82) is 0 Å². The van der Waals surface area contributed by atoms with Crippen molar-refractivity contribution in [1.82, 2.24) is 19.6 Å². The molecular weight excluding hydrogens is 561 g/mol. The number of hydrogen-bond acceptors (Lipinski definition) is 6. The third-order valence-corrected chi connectivity index (χ3v) is 7.50. The van der Waals surface area contributed by atoms with Crippen LogP contribution in [0.4, 0.5) is 24.7 Å². The highest BCUT2D eigenvalue weighted by Gasteiger charge is 2.47. The Morgan fingerprint density at radius 1 is 1.10 bits per heavy atom. The molecule has 2 aromatic carbocycles. The van der Waals surface area contributed by atoms with Crippen molar-refractivity contribution < 1.29 is 27.4 Å². The van der Waals surface area contributed by atoms with Gasteiger partial charge < -0.3 is 20.1 Å². The van der Waals surface area contributed by atoms with Crippen LogP contribution in [0.5, 0.6) is 11.5 Å². The molecule has 0 aliphatic carbocycles. The van der Waals surface area contributed by atoms with Crippen molar-refractivity contribution in [3.63, 3.8) is 0 Å². The molecule has 216 valence electrons. The Labute approximate surface area is 239 Å². The molecule has 0 spiro atoms. The molecule has 0 saturated heterocycles. The number of alkyl halides is 3. The number of anilines is 2. The average Bonchev–Trinajstić information content (AvgIpc) is 3.49. The highest BCUT2D eigenvalue weighted by atomic mass is 35.5. The molecule has 9 nitrogen and oxygen atoms in total. The van der Waals surface area contributed by atoms with E-state index in [1.807, 2.05) is 18.2 Å². The molecule has 41 heavy (non-hydrogen) atoms. The number of methoxy groups -OCH3 is 2. The quantitative estimate of drug-likeness (QED) is 0.262. The molecule has 2 atom stereocenters. The van der Waals surface area contributed by atoms with E-state index in [9.17, 15) is 18.0 Å². The van der Waals surface area contributed by atoms with E-state index in [0.717, 1.165) is 10.2 Å². The van der Waals surface area contributed by atoms with Gasteiger partial charge in [0.15, 0.2) is 23.2 Å². The molecule has 1 aliphatic heterocycles. The molecule has 3 heterocycles. The molecular formula is C28H28ClF3N6O3. The molecule has 1 aliphatic rings. The molecule has 5 rings (SSSR count). The summed E-state index contributed by atoms with van der Waals surface area (Å²) in [5.41, 5.74) is 2.94. The van der Waals surface area contributed by atoms with E-state index in [0.29, 0.717) is 45.7 Å². The lowest BCUT2D eigenvalue weighted by atomic mass is 9.96. The van der Waals surface area contributed by atoms with Crippen LogP contribution in [0, 0.1) is 13.8 Å². The molecule has 0 fully saturated rings. The van der Waals surface area contributed by atoms with Gasteiger partial charge in [0, 0.05) is 17.5 Å². The minimum absolute atomic E-state index is 0.0753. The van der Waals surface area contributed by atoms with Gasteiger partial charge in [-0.15, -0.1) is 0 Å². The number of aryl methyl sites for hydroxylation is 1. The fourth-order valence-electron chi connectivity index (χ4n) is 4.97. The van der Waals surface area contributed by atoms with E-state index in [1.165, 1.54) is 20.3 Å². The SMILES string of the molecule is COc1ccc([C@H]2C[C@H](C(F)(F)F)n3nc(C(=O)Nc4c(C)nn(Cc5ccccc5Cl)c4C)cc3N2)cc1OC. The molecule has 0 radical (unpaired) electrons. The number of aromatic nitrogens is 4. The van der Waals surface area contributed by atoms with E-state index >= 15 is 0 Å². The number of halogens is 4. The van der Waals surface area contributed by atoms with Gasteiger partial charge in [-0.2, -0.15) is 23.4 Å². The first-order chi connectivity index (χ1) is 19.5. The first kappa shape index (κ1) is 28.3. The molecule has 1 amide bonds. The van der Waals surface area contributed by atoms with Gasteiger partial charge in [-0.3, -0.25) is 9.48 Å². The van der Waals surface area contributed by atoms with Gasteiger partial charge in [-0.05, 0) is 43.2 Å². The summed E-state index contributed by atoms with van der Waals surface area (Å²) in [7, 11) is 2.94. The fourth-order valence-corrected chi connectivity index (χ4v) is 5.17. The zero-order valence-electron chi connectivity index (χ0n) is 22.7. The minimum Gasteiger partial charge on any atom is -0.493 e. The highest BCUT2D eigenvalue weighted by molar-refractivity contribution is 6.31. The van der Waals surface area contributed by atoms with Crippen LogP contribution in [0.3, 0.4) is 0 Å². The van der Waals surface area contributed by atoms with E-state index < -0.39 is 24.2 Å². The Hall–Kier alpha value is -4.19. The Morgan fingerprint density at radius 3 is 2.51 bits per heavy atom. The monoisotopic (exact) mass is 588 g/mol. The lowest BCUT2D eigenvalue weighted by Gasteiger charge is -2.33. The molecule has 0 unspecified atom stereocenters. The number of amides is 1. The summed E-state index contributed by atoms with van der Waals surface area (Å²) in [6.07, 6.45) is -4.93. The van der Waals surface area contributed by atoms with Gasteiger partial charge >= 0.3 is 6.18 Å². The lowest BCUT2D eigenvalue weighted by Crippen LogP contribution is -2.35. The van der Waals surface area contributed by atoms with Crippen LogP contribution in [-0.4, -0.2) is 45.9 Å². The van der Waals surface area contributed by atoms with Crippen molar-refractivity contribution in [3.8, 4) is 11.5 Å². The van der Waals surface area contributed by atoms with Gasteiger partial charge in [-0.1, -0.05) is 35.9 Å². The Bertz CT molecular complexity index is 1600. The summed E-state index contributed by atoms with van der Waals surface area (Å²) >= 11 is 6.29. The summed E-state index contributed by atoms with van der Waals surface area (Å²) in [5.74, 6) is 0.284. The largest absolute Gasteiger partial charge is 0.493 e. The predicted octanol–water partition coefficient (Wildman–Crippen LogP) is 6.33. The van der Waals surface area contributed by atoms with Crippen LogP contribution >= 0.6 is 11.6 Å². The minimum atomic E-state index is -4.60. The van der Waals surface area contributed by atoms with Gasteiger partial charge in [0.05, 0.1) is 43.9 Å². The van der Waals surface area contributed by atoms with Crippen LogP contribution < -0.4 is 20.1 Å². The first-order valence-corrected chi connectivity index (χ1v) is 13.1. The van der Waals surface area contributed by atoms with E-state index in [2.05, 4.69) is 20.8 Å². The Balaban J connectivity index is 1.41. The second-order valence-corrected chi connectivity index (χ2v) is 10.1. The normalized spacial score (nSPS) is 16.6. The van der Waals surface area contributed by atoms with Crippen molar-refractivity contribution in [2.45, 2.75) is 45.1 Å². The van der Waals surface area contributed by atoms with Gasteiger partial charge in [0.2, 0.25) is 0 Å². The number of carbonyl (C=O) groups is 1. The van der Waals surface area contributed by atoms with Crippen molar-refractivity contribution in [2.24, 2.45) is 0 Å². The topological polar surface area (TPSA) is 95.2 Å². The van der Waals surface area contributed by atoms with E-state index in [-0.39, 0.29) is 17.9 Å². The Morgan fingerprint density at radius 2 is 1.83 bits per heavy atom. The number of fused-ring (bicyclic) bond motifs is 1. The molecule has 4 aromatic rings. The second kappa shape index (κ2) is 11.0. The smallest absolute Gasteiger partial charge is 0.410 e. The fraction of sp³-hybridized carbons (Fsp3) is 0.321. The number of rotatable bonds is 7. The summed E-state index contributed by atoms with van der Waals surface area (Å²) in [4.78, 5) is 13.2. The maximum absolute atomic E-state index is 14.2. The molecule has 0 bridgehead atoms. The van der Waals surface area contributed by atoms with Crippen LogP contribution in [0.2, 0.25) is 5.02 Å². The standard InChI is InChI=1S/C28H28ClF3N6O3/c1-15-26(16(2)37(35-15)14-18-7-5-6-8-19(18)29)34-27(39)21-13-25-33-20(12-24(28(30,31)32)38(25)36-21)17-9-10-22(40-3)23(11-17)41-4/h5-11,13,20,24,33H,12,14H2,1-4H3,(H,34,39)/t20-,24-/m1/s1. The maximum atomic E-state index is 14.2. The lowest BCUT2D eigenvalue weighted by molar-refractivity contribution is -0.173. The maximum Gasteiger partial charge on any atom is 0.410 e. The van der Waals surface area contributed by atoms with Crippen LogP contribution in [0.25, 0.3) is 0 Å². The summed E-state index contributed by atoms with van der Waals surface area (Å²) in [6, 6.07) is 11.0. The van der Waals surface area contributed by atoms with Crippen LogP contribution in [-0.2, 0) is 6.54 Å². The van der Waals surface area contributed by atoms with Gasteiger partial charge in [-0.25, -0.2) is 4.68 Å². The summed E-state index contributed by atoms with van der Waals surface area (Å²) in [5, 5.41) is 15.0. The third-order valence-electron chi connectivity index (χ3n) is 7.13. The summed E-state index contributed by atoms with van der Waals surface area (Å²) < 4.78 is 55.7. The number of carbonyl (C=O) groups excluding carboxylic acids is 1. The average molecular weight is 589 g/mol. The highest BCUT2D eigenvalue weighted by Crippen LogP contribution is 2.44. The number of benzene rings is 2. The van der Waals surface area contributed by atoms with Crippen LogP contribution in [0.15, 0.2) is 48.5 Å². The van der Waals surface area contributed by atoms with Gasteiger partial charge in [0.1, 0.15) is 5.82 Å². The van der Waals surface area contributed by atoms with Gasteiger partial charge in [0.25, 0.3) is 5.91 Å². The molecule has 13 heteroatoms. The van der Waals surface area contributed by atoms with Crippen molar-refractivity contribution in [2.75, 3.05) is 24.9 Å². The summed E-state index contributed by atoms with van der Waals surface area (Å²) in [6.45, 7) is 3.91. The second-order valence-electron chi connectivity index (χ2n) is 9.71. The van der Waals surface area contributed by atoms with E-state index in [4.69, 9.17) is 21.1 Å². The number of ether oxygens (including phenoxy) is 2. The van der Waals surface area contributed by atoms with Crippen LogP contribution in [0.1, 0.15) is 51.5 Å². The predicted molar refractivity (Wildman–Crippen MR) is 148 cm³/mol. The molecule has 0 saturated carbocycles. The molecule has 2 N–H and O–H groups in total.